The maximum Gasteiger partial charge on any atom is 0.308 e. The summed E-state index contributed by atoms with van der Waals surface area (Å²) in [7, 11) is 0. The van der Waals surface area contributed by atoms with Crippen molar-refractivity contribution in [3.63, 3.8) is 0 Å². The normalized spacial score (nSPS) is 19.5. The van der Waals surface area contributed by atoms with Crippen LogP contribution in [-0.4, -0.2) is 30.3 Å². The van der Waals surface area contributed by atoms with Crippen LogP contribution < -0.4 is 5.73 Å². The standard InChI is InChI=1S/C5H8O3.C3H8.C2H7N/c6-4-1-2-8-5(7)3-4;1-3-2;1-2-3/h4,6H,1-3H2;3H2,1-2H3;2-3H2,1H3/t4-;;/m1../s1. The van der Waals surface area contributed by atoms with E-state index in [2.05, 4.69) is 18.6 Å². The van der Waals surface area contributed by atoms with Gasteiger partial charge in [-0.1, -0.05) is 27.2 Å². The van der Waals surface area contributed by atoms with Gasteiger partial charge in [0.05, 0.1) is 19.1 Å². The minimum absolute atomic E-state index is 0.167. The van der Waals surface area contributed by atoms with E-state index in [0.717, 1.165) is 6.54 Å². The number of rotatable bonds is 0. The summed E-state index contributed by atoms with van der Waals surface area (Å²) in [6, 6.07) is 0. The van der Waals surface area contributed by atoms with Gasteiger partial charge in [-0.3, -0.25) is 4.79 Å². The van der Waals surface area contributed by atoms with Crippen molar-refractivity contribution in [3.05, 3.63) is 0 Å². The average molecular weight is 205 g/mol. The molecule has 0 amide bonds. The second kappa shape index (κ2) is 12.4. The zero-order valence-electron chi connectivity index (χ0n) is 9.45. The largest absolute Gasteiger partial charge is 0.465 e. The SMILES string of the molecule is CCC.CCN.O=C1C[C@H](O)CCO1. The zero-order chi connectivity index (χ0) is 11.4. The Hall–Kier alpha value is -0.610. The molecule has 1 saturated heterocycles. The molecule has 1 rings (SSSR count). The lowest BCUT2D eigenvalue weighted by atomic mass is 10.2. The third-order valence-electron chi connectivity index (χ3n) is 1.12. The molecule has 0 saturated carbocycles. The number of carbonyl (C=O) groups excluding carboxylic acids is 1. The first kappa shape index (κ1) is 15.8. The minimum atomic E-state index is -0.462. The predicted molar refractivity (Wildman–Crippen MR) is 56.9 cm³/mol. The van der Waals surface area contributed by atoms with E-state index in [0.29, 0.717) is 13.0 Å². The molecule has 0 radical (unpaired) electrons. The van der Waals surface area contributed by atoms with Gasteiger partial charge in [0.1, 0.15) is 0 Å². The zero-order valence-corrected chi connectivity index (χ0v) is 9.45. The van der Waals surface area contributed by atoms with Crippen LogP contribution in [0.2, 0.25) is 0 Å². The van der Waals surface area contributed by atoms with Crippen LogP contribution in [0, 0.1) is 0 Å². The molecular formula is C10H23NO3. The van der Waals surface area contributed by atoms with E-state index < -0.39 is 6.10 Å². The fraction of sp³-hybridized carbons (Fsp3) is 0.900. The Kier molecular flexibility index (Phi) is 14.0. The summed E-state index contributed by atoms with van der Waals surface area (Å²) in [5, 5.41) is 8.78. The van der Waals surface area contributed by atoms with Gasteiger partial charge in [-0.05, 0) is 6.54 Å². The molecule has 0 aliphatic carbocycles. The predicted octanol–water partition coefficient (Wildman–Crippen LogP) is 1.07. The van der Waals surface area contributed by atoms with E-state index >= 15 is 0 Å². The monoisotopic (exact) mass is 205 g/mol. The molecule has 3 N–H and O–H groups in total. The Morgan fingerprint density at radius 1 is 1.50 bits per heavy atom. The number of hydrogen-bond acceptors (Lipinski definition) is 4. The number of carbonyl (C=O) groups is 1. The van der Waals surface area contributed by atoms with E-state index in [4.69, 9.17) is 10.8 Å². The fourth-order valence-corrected chi connectivity index (χ4v) is 0.662. The Bertz CT molecular complexity index is 127. The number of hydrogen-bond donors (Lipinski definition) is 2. The van der Waals surface area contributed by atoms with Gasteiger partial charge in [0.25, 0.3) is 0 Å². The maximum atomic E-state index is 10.3. The summed E-state index contributed by atoms with van der Waals surface area (Å²) >= 11 is 0. The van der Waals surface area contributed by atoms with Gasteiger partial charge in [0.2, 0.25) is 0 Å². The Morgan fingerprint density at radius 3 is 2.14 bits per heavy atom. The second-order valence-electron chi connectivity index (χ2n) is 2.98. The van der Waals surface area contributed by atoms with Gasteiger partial charge in [0.15, 0.2) is 0 Å². The number of nitrogens with two attached hydrogens (primary N) is 1. The summed E-state index contributed by atoms with van der Waals surface area (Å²) in [6.45, 7) is 7.28. The fourth-order valence-electron chi connectivity index (χ4n) is 0.662. The van der Waals surface area contributed by atoms with Crippen LogP contribution in [0.15, 0.2) is 0 Å². The number of aliphatic hydroxyl groups is 1. The van der Waals surface area contributed by atoms with Crippen LogP contribution in [0.25, 0.3) is 0 Å². The van der Waals surface area contributed by atoms with E-state index in [9.17, 15) is 4.79 Å². The van der Waals surface area contributed by atoms with E-state index in [-0.39, 0.29) is 12.4 Å². The summed E-state index contributed by atoms with van der Waals surface area (Å²) in [4.78, 5) is 10.3. The first-order valence-corrected chi connectivity index (χ1v) is 5.15. The molecule has 1 fully saturated rings. The van der Waals surface area contributed by atoms with Gasteiger partial charge in [-0.2, -0.15) is 0 Å². The molecular weight excluding hydrogens is 182 g/mol. The van der Waals surface area contributed by atoms with Crippen LogP contribution in [0.3, 0.4) is 0 Å². The van der Waals surface area contributed by atoms with Crippen molar-refractivity contribution in [1.29, 1.82) is 0 Å². The topological polar surface area (TPSA) is 72.6 Å². The van der Waals surface area contributed by atoms with Crippen molar-refractivity contribution in [3.8, 4) is 0 Å². The Morgan fingerprint density at radius 2 is 1.93 bits per heavy atom. The number of aliphatic hydroxyl groups excluding tert-OH is 1. The Labute approximate surface area is 86.4 Å². The number of cyclic esters (lactones) is 1. The lowest BCUT2D eigenvalue weighted by Gasteiger charge is -2.15. The van der Waals surface area contributed by atoms with E-state index in [1.54, 1.807) is 0 Å². The first-order chi connectivity index (χ1) is 6.62. The highest BCUT2D eigenvalue weighted by Gasteiger charge is 2.16. The molecule has 1 heterocycles. The highest BCUT2D eigenvalue weighted by Crippen LogP contribution is 2.05. The molecule has 4 heteroatoms. The van der Waals surface area contributed by atoms with Crippen LogP contribution in [-0.2, 0) is 9.53 Å². The van der Waals surface area contributed by atoms with Gasteiger partial charge >= 0.3 is 5.97 Å². The smallest absolute Gasteiger partial charge is 0.308 e. The van der Waals surface area contributed by atoms with Gasteiger partial charge in [-0.25, -0.2) is 0 Å². The van der Waals surface area contributed by atoms with E-state index in [1.807, 2.05) is 6.92 Å². The van der Waals surface area contributed by atoms with Gasteiger partial charge < -0.3 is 15.6 Å². The van der Waals surface area contributed by atoms with Crippen molar-refractivity contribution in [2.24, 2.45) is 5.73 Å². The van der Waals surface area contributed by atoms with Crippen LogP contribution >= 0.6 is 0 Å². The maximum absolute atomic E-state index is 10.3. The van der Waals surface area contributed by atoms with E-state index in [1.165, 1.54) is 6.42 Å². The molecule has 0 aromatic rings. The van der Waals surface area contributed by atoms with Crippen LogP contribution in [0.1, 0.15) is 40.0 Å². The molecule has 0 spiro atoms. The number of ether oxygens (including phenoxy) is 1. The molecule has 1 aliphatic rings. The molecule has 1 aliphatic heterocycles. The summed E-state index contributed by atoms with van der Waals surface area (Å²) in [5.74, 6) is -0.288. The van der Waals surface area contributed by atoms with Crippen molar-refractivity contribution >= 4 is 5.97 Å². The minimum Gasteiger partial charge on any atom is -0.465 e. The highest BCUT2D eigenvalue weighted by atomic mass is 16.5. The highest BCUT2D eigenvalue weighted by molar-refractivity contribution is 5.70. The third kappa shape index (κ3) is 13.9. The van der Waals surface area contributed by atoms with Crippen LogP contribution in [0.5, 0.6) is 0 Å². The number of esters is 1. The van der Waals surface area contributed by atoms with Gasteiger partial charge in [-0.15, -0.1) is 0 Å². The van der Waals surface area contributed by atoms with Crippen LogP contribution in [0.4, 0.5) is 0 Å². The molecule has 0 aromatic heterocycles. The molecule has 0 bridgehead atoms. The molecule has 4 nitrogen and oxygen atoms in total. The lowest BCUT2D eigenvalue weighted by molar-refractivity contribution is -0.151. The third-order valence-corrected chi connectivity index (χ3v) is 1.12. The van der Waals surface area contributed by atoms with Crippen molar-refractivity contribution in [2.75, 3.05) is 13.2 Å². The molecule has 0 unspecified atom stereocenters. The molecule has 14 heavy (non-hydrogen) atoms. The van der Waals surface area contributed by atoms with Crippen molar-refractivity contribution in [2.45, 2.75) is 46.1 Å². The van der Waals surface area contributed by atoms with Gasteiger partial charge in [0, 0.05) is 6.42 Å². The molecule has 86 valence electrons. The van der Waals surface area contributed by atoms with Crippen molar-refractivity contribution in [1.82, 2.24) is 0 Å². The summed E-state index contributed by atoms with van der Waals surface area (Å²) < 4.78 is 4.55. The lowest BCUT2D eigenvalue weighted by Crippen LogP contribution is -2.24. The Balaban J connectivity index is 0. The average Bonchev–Trinajstić information content (AvgIpc) is 2.06. The molecule has 1 atom stereocenters. The molecule has 0 aromatic carbocycles. The first-order valence-electron chi connectivity index (χ1n) is 5.15. The summed E-state index contributed by atoms with van der Waals surface area (Å²) in [5.41, 5.74) is 4.85. The van der Waals surface area contributed by atoms with Crippen molar-refractivity contribution < 1.29 is 14.6 Å². The second-order valence-corrected chi connectivity index (χ2v) is 2.98. The summed E-state index contributed by atoms with van der Waals surface area (Å²) in [6.07, 6.45) is 1.54. The quantitative estimate of drug-likeness (QED) is 0.580.